The van der Waals surface area contributed by atoms with E-state index in [4.69, 9.17) is 0 Å². The van der Waals surface area contributed by atoms with E-state index in [0.29, 0.717) is 12.8 Å². The van der Waals surface area contributed by atoms with Crippen LogP contribution in [0, 0.1) is 0 Å². The lowest BCUT2D eigenvalue weighted by Gasteiger charge is -1.97. The maximum atomic E-state index is 11.5. The number of aldehydes is 1. The van der Waals surface area contributed by atoms with Crippen LogP contribution in [0.15, 0.2) is 54.6 Å². The molecule has 1 aromatic rings. The Bertz CT molecular complexity index is 402. The number of allylic oxidation sites excluding steroid dienone is 4. The van der Waals surface area contributed by atoms with E-state index in [2.05, 4.69) is 0 Å². The summed E-state index contributed by atoms with van der Waals surface area (Å²) in [5.74, 6) is 0.119. The van der Waals surface area contributed by atoms with Crippen LogP contribution in [0.3, 0.4) is 0 Å². The van der Waals surface area contributed by atoms with E-state index in [0.717, 1.165) is 12.7 Å². The van der Waals surface area contributed by atoms with Crippen LogP contribution in [0.25, 0.3) is 0 Å². The highest BCUT2D eigenvalue weighted by atomic mass is 16.1. The first-order valence-electron chi connectivity index (χ1n) is 5.66. The maximum Gasteiger partial charge on any atom is 0.155 e. The molecule has 2 nitrogen and oxygen atoms in total. The molecule has 0 spiro atoms. The summed E-state index contributed by atoms with van der Waals surface area (Å²) >= 11 is 0. The van der Waals surface area contributed by atoms with Gasteiger partial charge in [-0.1, -0.05) is 42.5 Å². The standard InChI is InChI=1S/C15H16O2/c16-13-7-2-1-6-10-15(17)12-11-14-8-4-3-5-9-14/h2-10,13H,1,11-12H2/b7-2+,10-6+. The molecule has 0 N–H and O–H groups in total. The highest BCUT2D eigenvalue weighted by molar-refractivity contribution is 5.89. The van der Waals surface area contributed by atoms with Crippen LogP contribution >= 0.6 is 0 Å². The Hall–Kier alpha value is -1.96. The summed E-state index contributed by atoms with van der Waals surface area (Å²) in [6.07, 6.45) is 9.14. The van der Waals surface area contributed by atoms with Gasteiger partial charge < -0.3 is 0 Å². The minimum Gasteiger partial charge on any atom is -0.299 e. The summed E-state index contributed by atoms with van der Waals surface area (Å²) in [7, 11) is 0. The van der Waals surface area contributed by atoms with E-state index in [9.17, 15) is 9.59 Å². The molecule has 0 heterocycles. The quantitative estimate of drug-likeness (QED) is 0.531. The summed E-state index contributed by atoms with van der Waals surface area (Å²) in [4.78, 5) is 21.5. The van der Waals surface area contributed by atoms with Gasteiger partial charge in [0.05, 0.1) is 0 Å². The van der Waals surface area contributed by atoms with Gasteiger partial charge in [0.2, 0.25) is 0 Å². The molecule has 0 unspecified atom stereocenters. The largest absolute Gasteiger partial charge is 0.299 e. The van der Waals surface area contributed by atoms with Gasteiger partial charge >= 0.3 is 0 Å². The normalized spacial score (nSPS) is 11.1. The van der Waals surface area contributed by atoms with E-state index in [1.54, 1.807) is 18.2 Å². The monoisotopic (exact) mass is 228 g/mol. The van der Waals surface area contributed by atoms with Crippen molar-refractivity contribution < 1.29 is 9.59 Å². The topological polar surface area (TPSA) is 34.1 Å². The van der Waals surface area contributed by atoms with E-state index in [1.165, 1.54) is 11.6 Å². The summed E-state index contributed by atoms with van der Waals surface area (Å²) in [5.41, 5.74) is 1.18. The third-order valence-electron chi connectivity index (χ3n) is 2.29. The lowest BCUT2D eigenvalue weighted by Crippen LogP contribution is -1.95. The molecule has 88 valence electrons. The molecule has 0 aliphatic carbocycles. The Balaban J connectivity index is 2.26. The first kappa shape index (κ1) is 13.1. The fourth-order valence-corrected chi connectivity index (χ4v) is 1.41. The highest BCUT2D eigenvalue weighted by Crippen LogP contribution is 2.03. The molecule has 0 saturated carbocycles. The van der Waals surface area contributed by atoms with Gasteiger partial charge in [0.1, 0.15) is 6.29 Å². The number of benzene rings is 1. The molecule has 0 bridgehead atoms. The molecule has 0 radical (unpaired) electrons. The van der Waals surface area contributed by atoms with Gasteiger partial charge in [-0.2, -0.15) is 0 Å². The minimum atomic E-state index is 0.119. The van der Waals surface area contributed by atoms with Crippen LogP contribution < -0.4 is 0 Å². The number of ketones is 1. The summed E-state index contributed by atoms with van der Waals surface area (Å²) in [6, 6.07) is 9.94. The van der Waals surface area contributed by atoms with Crippen LogP contribution in [-0.2, 0) is 16.0 Å². The Kier molecular flexibility index (Phi) is 6.34. The first-order chi connectivity index (χ1) is 8.33. The fourth-order valence-electron chi connectivity index (χ4n) is 1.41. The predicted molar refractivity (Wildman–Crippen MR) is 68.7 cm³/mol. The van der Waals surface area contributed by atoms with Crippen molar-refractivity contribution in [2.45, 2.75) is 19.3 Å². The Morgan fingerprint density at radius 3 is 2.59 bits per heavy atom. The van der Waals surface area contributed by atoms with Crippen LogP contribution in [-0.4, -0.2) is 12.1 Å². The van der Waals surface area contributed by atoms with Crippen molar-refractivity contribution >= 4 is 12.1 Å². The summed E-state index contributed by atoms with van der Waals surface area (Å²) in [5, 5.41) is 0. The van der Waals surface area contributed by atoms with Crippen LogP contribution in [0.4, 0.5) is 0 Å². The molecule has 17 heavy (non-hydrogen) atoms. The van der Waals surface area contributed by atoms with Crippen molar-refractivity contribution in [1.82, 2.24) is 0 Å². The molecule has 0 aromatic heterocycles. The molecular weight excluding hydrogens is 212 g/mol. The van der Waals surface area contributed by atoms with Crippen molar-refractivity contribution in [1.29, 1.82) is 0 Å². The zero-order chi connectivity index (χ0) is 12.3. The van der Waals surface area contributed by atoms with Crippen LogP contribution in [0.2, 0.25) is 0 Å². The minimum absolute atomic E-state index is 0.119. The number of carbonyl (C=O) groups is 2. The van der Waals surface area contributed by atoms with E-state index in [1.807, 2.05) is 30.3 Å². The van der Waals surface area contributed by atoms with Gasteiger partial charge in [0, 0.05) is 6.42 Å². The average Bonchev–Trinajstić information content (AvgIpc) is 2.37. The van der Waals surface area contributed by atoms with Gasteiger partial charge in [-0.25, -0.2) is 0 Å². The molecule has 1 aromatic carbocycles. The third kappa shape index (κ3) is 6.25. The molecule has 1 rings (SSSR count). The zero-order valence-electron chi connectivity index (χ0n) is 9.71. The average molecular weight is 228 g/mol. The fraction of sp³-hybridized carbons (Fsp3) is 0.200. The molecule has 0 atom stereocenters. The SMILES string of the molecule is O=C/C=C/C/C=C/C(=O)CCc1ccccc1. The molecule has 0 amide bonds. The first-order valence-corrected chi connectivity index (χ1v) is 5.66. The van der Waals surface area contributed by atoms with Gasteiger partial charge in [-0.15, -0.1) is 0 Å². The lowest BCUT2D eigenvalue weighted by molar-refractivity contribution is -0.114. The molecule has 0 saturated heterocycles. The van der Waals surface area contributed by atoms with Crippen molar-refractivity contribution in [2.75, 3.05) is 0 Å². The van der Waals surface area contributed by atoms with Gasteiger partial charge in [-0.3, -0.25) is 9.59 Å². The molecule has 2 heteroatoms. The predicted octanol–water partition coefficient (Wildman–Crippen LogP) is 2.89. The Labute approximate surface area is 102 Å². The number of hydrogen-bond donors (Lipinski definition) is 0. The van der Waals surface area contributed by atoms with Crippen molar-refractivity contribution in [3.63, 3.8) is 0 Å². The van der Waals surface area contributed by atoms with Crippen molar-refractivity contribution in [3.8, 4) is 0 Å². The smallest absolute Gasteiger partial charge is 0.155 e. The lowest BCUT2D eigenvalue weighted by atomic mass is 10.1. The van der Waals surface area contributed by atoms with Gasteiger partial charge in [0.25, 0.3) is 0 Å². The van der Waals surface area contributed by atoms with Gasteiger partial charge in [0.15, 0.2) is 5.78 Å². The second-order valence-electron chi connectivity index (χ2n) is 3.65. The molecule has 0 aliphatic rings. The van der Waals surface area contributed by atoms with Crippen LogP contribution in [0.5, 0.6) is 0 Å². The van der Waals surface area contributed by atoms with E-state index in [-0.39, 0.29) is 5.78 Å². The molecule has 0 fully saturated rings. The third-order valence-corrected chi connectivity index (χ3v) is 2.29. The Morgan fingerprint density at radius 2 is 1.88 bits per heavy atom. The summed E-state index contributed by atoms with van der Waals surface area (Å²) in [6.45, 7) is 0. The second-order valence-corrected chi connectivity index (χ2v) is 3.65. The second kappa shape index (κ2) is 8.22. The number of rotatable bonds is 7. The number of carbonyl (C=O) groups excluding carboxylic acids is 2. The van der Waals surface area contributed by atoms with Gasteiger partial charge in [-0.05, 0) is 30.6 Å². The number of aryl methyl sites for hydroxylation is 1. The molecule has 0 aliphatic heterocycles. The van der Waals surface area contributed by atoms with Crippen molar-refractivity contribution in [2.24, 2.45) is 0 Å². The van der Waals surface area contributed by atoms with Crippen molar-refractivity contribution in [3.05, 3.63) is 60.2 Å². The van der Waals surface area contributed by atoms with E-state index >= 15 is 0 Å². The maximum absolute atomic E-state index is 11.5. The van der Waals surface area contributed by atoms with E-state index < -0.39 is 0 Å². The number of hydrogen-bond acceptors (Lipinski definition) is 2. The molecular formula is C15H16O2. The highest BCUT2D eigenvalue weighted by Gasteiger charge is 1.97. The summed E-state index contributed by atoms with van der Waals surface area (Å²) < 4.78 is 0. The van der Waals surface area contributed by atoms with Crippen LogP contribution in [0.1, 0.15) is 18.4 Å². The Morgan fingerprint density at radius 1 is 1.12 bits per heavy atom. The zero-order valence-corrected chi connectivity index (χ0v) is 9.71.